The van der Waals surface area contributed by atoms with Crippen LogP contribution in [0.1, 0.15) is 16.8 Å². The van der Waals surface area contributed by atoms with Gasteiger partial charge in [0.2, 0.25) is 5.91 Å². The van der Waals surface area contributed by atoms with Crippen molar-refractivity contribution in [3.05, 3.63) is 65.7 Å². The highest BCUT2D eigenvalue weighted by Crippen LogP contribution is 2.10. The van der Waals surface area contributed by atoms with E-state index in [9.17, 15) is 26.8 Å². The van der Waals surface area contributed by atoms with Gasteiger partial charge in [-0.05, 0) is 24.3 Å². The van der Waals surface area contributed by atoms with Gasteiger partial charge in [0.1, 0.15) is 11.6 Å². The van der Waals surface area contributed by atoms with E-state index >= 15 is 0 Å². The second-order valence-electron chi connectivity index (χ2n) is 5.61. The molecule has 6 nitrogen and oxygen atoms in total. The van der Waals surface area contributed by atoms with Crippen molar-refractivity contribution in [3.63, 3.8) is 0 Å². The Morgan fingerprint density at radius 2 is 1.63 bits per heavy atom. The molecule has 0 saturated heterocycles. The zero-order chi connectivity index (χ0) is 19.9. The maximum atomic E-state index is 13.5. The van der Waals surface area contributed by atoms with Crippen LogP contribution in [-0.2, 0) is 14.6 Å². The number of rotatable bonds is 8. The van der Waals surface area contributed by atoms with E-state index in [-0.39, 0.29) is 35.7 Å². The Kier molecular flexibility index (Phi) is 7.00. The van der Waals surface area contributed by atoms with E-state index in [0.29, 0.717) is 6.07 Å². The van der Waals surface area contributed by atoms with Crippen LogP contribution in [0.2, 0.25) is 0 Å². The molecule has 0 aliphatic carbocycles. The zero-order valence-corrected chi connectivity index (χ0v) is 15.1. The summed E-state index contributed by atoms with van der Waals surface area (Å²) in [5.41, 5.74) is -0.328. The molecule has 0 bridgehead atoms. The molecule has 2 N–H and O–H groups in total. The van der Waals surface area contributed by atoms with Crippen LogP contribution in [0.4, 0.5) is 8.78 Å². The van der Waals surface area contributed by atoms with Gasteiger partial charge in [-0.15, -0.1) is 0 Å². The van der Waals surface area contributed by atoms with Gasteiger partial charge in [-0.1, -0.05) is 18.2 Å². The highest BCUT2D eigenvalue weighted by atomic mass is 32.2. The molecule has 27 heavy (non-hydrogen) atoms. The van der Waals surface area contributed by atoms with Crippen molar-refractivity contribution in [3.8, 4) is 0 Å². The molecule has 9 heteroatoms. The molecule has 0 unspecified atom stereocenters. The van der Waals surface area contributed by atoms with Crippen LogP contribution in [0.5, 0.6) is 0 Å². The molecular weight excluding hydrogens is 378 g/mol. The molecule has 0 fully saturated rings. The molecule has 0 saturated carbocycles. The second-order valence-corrected chi connectivity index (χ2v) is 7.72. The Hall–Kier alpha value is -2.81. The maximum absolute atomic E-state index is 13.5. The maximum Gasteiger partial charge on any atom is 0.254 e. The van der Waals surface area contributed by atoms with Crippen molar-refractivity contribution < 1.29 is 26.8 Å². The number of carbonyl (C=O) groups is 2. The Labute approximate surface area is 155 Å². The standard InChI is InChI=1S/C18H18F2N2O4S/c19-13-6-7-15(16(20)12-13)18(24)22-9-8-17(23)21-10-11-27(25,26)14-4-2-1-3-5-14/h1-7,12H,8-11H2,(H,21,23)(H,22,24). The van der Waals surface area contributed by atoms with Crippen LogP contribution in [0, 0.1) is 11.6 Å². The molecule has 144 valence electrons. The van der Waals surface area contributed by atoms with Gasteiger partial charge in [-0.2, -0.15) is 0 Å². The fraction of sp³-hybridized carbons (Fsp3) is 0.222. The first kappa shape index (κ1) is 20.5. The number of hydrogen-bond donors (Lipinski definition) is 2. The Bertz CT molecular complexity index is 918. The van der Waals surface area contributed by atoms with Gasteiger partial charge in [-0.25, -0.2) is 17.2 Å². The smallest absolute Gasteiger partial charge is 0.254 e. The van der Waals surface area contributed by atoms with Crippen molar-refractivity contribution >= 4 is 21.7 Å². The third-order valence-corrected chi connectivity index (χ3v) is 5.34. The average Bonchev–Trinajstić information content (AvgIpc) is 2.62. The highest BCUT2D eigenvalue weighted by molar-refractivity contribution is 7.91. The minimum Gasteiger partial charge on any atom is -0.355 e. The first-order valence-electron chi connectivity index (χ1n) is 8.07. The first-order valence-corrected chi connectivity index (χ1v) is 9.72. The first-order chi connectivity index (χ1) is 12.8. The van der Waals surface area contributed by atoms with E-state index in [0.717, 1.165) is 12.1 Å². The normalized spacial score (nSPS) is 11.0. The third-order valence-electron chi connectivity index (χ3n) is 3.61. The quantitative estimate of drug-likeness (QED) is 0.710. The summed E-state index contributed by atoms with van der Waals surface area (Å²) in [5, 5.41) is 4.79. The van der Waals surface area contributed by atoms with Gasteiger partial charge in [0.25, 0.3) is 5.91 Å². The van der Waals surface area contributed by atoms with E-state index in [1.807, 2.05) is 0 Å². The summed E-state index contributed by atoms with van der Waals surface area (Å²) < 4.78 is 50.4. The Morgan fingerprint density at radius 1 is 0.926 bits per heavy atom. The SMILES string of the molecule is O=C(CCNC(=O)c1ccc(F)cc1F)NCCS(=O)(=O)c1ccccc1. The van der Waals surface area contributed by atoms with Crippen LogP contribution in [0.3, 0.4) is 0 Å². The molecule has 0 aliphatic heterocycles. The van der Waals surface area contributed by atoms with E-state index in [1.165, 1.54) is 12.1 Å². The molecule has 0 spiro atoms. The number of halogens is 2. The number of hydrogen-bond acceptors (Lipinski definition) is 4. The minimum absolute atomic E-state index is 0.0728. The summed E-state index contributed by atoms with van der Waals surface area (Å²) in [4.78, 5) is 23.7. The second kappa shape index (κ2) is 9.22. The van der Waals surface area contributed by atoms with Crippen molar-refractivity contribution in [1.82, 2.24) is 10.6 Å². The number of nitrogens with one attached hydrogen (secondary N) is 2. The lowest BCUT2D eigenvalue weighted by molar-refractivity contribution is -0.120. The molecule has 2 aromatic rings. The van der Waals surface area contributed by atoms with Gasteiger partial charge in [-0.3, -0.25) is 9.59 Å². The van der Waals surface area contributed by atoms with E-state index in [1.54, 1.807) is 18.2 Å². The predicted octanol–water partition coefficient (Wildman–Crippen LogP) is 1.67. The van der Waals surface area contributed by atoms with Crippen LogP contribution >= 0.6 is 0 Å². The molecule has 0 atom stereocenters. The van der Waals surface area contributed by atoms with Gasteiger partial charge < -0.3 is 10.6 Å². The van der Waals surface area contributed by atoms with Crippen LogP contribution < -0.4 is 10.6 Å². The van der Waals surface area contributed by atoms with Crippen molar-refractivity contribution in [2.24, 2.45) is 0 Å². The minimum atomic E-state index is -3.49. The van der Waals surface area contributed by atoms with E-state index in [4.69, 9.17) is 0 Å². The number of amides is 2. The van der Waals surface area contributed by atoms with Crippen molar-refractivity contribution in [2.75, 3.05) is 18.8 Å². The molecule has 2 amide bonds. The summed E-state index contributed by atoms with van der Waals surface area (Å²) in [6.45, 7) is -0.149. The van der Waals surface area contributed by atoms with Crippen molar-refractivity contribution in [2.45, 2.75) is 11.3 Å². The molecule has 0 aromatic heterocycles. The summed E-state index contributed by atoms with van der Waals surface area (Å²) >= 11 is 0. The molecule has 0 radical (unpaired) electrons. The monoisotopic (exact) mass is 396 g/mol. The van der Waals surface area contributed by atoms with E-state index < -0.39 is 33.3 Å². The number of carbonyl (C=O) groups excluding carboxylic acids is 2. The lowest BCUT2D eigenvalue weighted by atomic mass is 10.2. The Morgan fingerprint density at radius 3 is 2.30 bits per heavy atom. The van der Waals surface area contributed by atoms with Gasteiger partial charge in [0, 0.05) is 25.6 Å². The topological polar surface area (TPSA) is 92.3 Å². The molecule has 2 rings (SSSR count). The van der Waals surface area contributed by atoms with Crippen LogP contribution in [0.25, 0.3) is 0 Å². The van der Waals surface area contributed by atoms with Gasteiger partial charge >= 0.3 is 0 Å². The third kappa shape index (κ3) is 6.14. The van der Waals surface area contributed by atoms with Crippen molar-refractivity contribution in [1.29, 1.82) is 0 Å². The van der Waals surface area contributed by atoms with E-state index in [2.05, 4.69) is 10.6 Å². The fourth-order valence-corrected chi connectivity index (χ4v) is 3.40. The van der Waals surface area contributed by atoms with Gasteiger partial charge in [0.05, 0.1) is 16.2 Å². The fourth-order valence-electron chi connectivity index (χ4n) is 2.22. The number of sulfone groups is 1. The van der Waals surface area contributed by atoms with Crippen LogP contribution in [-0.4, -0.2) is 39.1 Å². The number of benzene rings is 2. The highest BCUT2D eigenvalue weighted by Gasteiger charge is 2.15. The molecule has 2 aromatic carbocycles. The molecule has 0 heterocycles. The summed E-state index contributed by atoms with van der Waals surface area (Å²) in [6, 6.07) is 10.4. The lowest BCUT2D eigenvalue weighted by Crippen LogP contribution is -2.33. The zero-order valence-electron chi connectivity index (χ0n) is 14.2. The lowest BCUT2D eigenvalue weighted by Gasteiger charge is -2.08. The molecular formula is C18H18F2N2O4S. The largest absolute Gasteiger partial charge is 0.355 e. The summed E-state index contributed by atoms with van der Waals surface area (Å²) in [6.07, 6.45) is -0.111. The van der Waals surface area contributed by atoms with Crippen LogP contribution in [0.15, 0.2) is 53.4 Å². The summed E-state index contributed by atoms with van der Waals surface area (Å²) in [5.74, 6) is -3.28. The summed E-state index contributed by atoms with van der Waals surface area (Å²) in [7, 11) is -3.49. The average molecular weight is 396 g/mol. The molecule has 0 aliphatic rings. The van der Waals surface area contributed by atoms with Gasteiger partial charge in [0.15, 0.2) is 9.84 Å². The predicted molar refractivity (Wildman–Crippen MR) is 94.8 cm³/mol. The Balaban J connectivity index is 1.73.